The van der Waals surface area contributed by atoms with Gasteiger partial charge in [-0.05, 0) is 0 Å². The van der Waals surface area contributed by atoms with E-state index in [4.69, 9.17) is 9.84 Å². The van der Waals surface area contributed by atoms with Crippen molar-refractivity contribution in [2.45, 2.75) is 13.0 Å². The largest absolute Gasteiger partial charge is 0.480 e. The molecule has 1 rings (SSSR count). The first-order chi connectivity index (χ1) is 9.47. The van der Waals surface area contributed by atoms with Crippen LogP contribution in [0.1, 0.15) is 17.3 Å². The number of benzene rings is 1. The minimum absolute atomic E-state index is 0.170. The van der Waals surface area contributed by atoms with Crippen LogP contribution in [-0.4, -0.2) is 54.0 Å². The van der Waals surface area contributed by atoms with Crippen LogP contribution in [0.15, 0.2) is 30.3 Å². The molecule has 0 saturated heterocycles. The fourth-order valence-corrected chi connectivity index (χ4v) is 1.76. The smallest absolute Gasteiger partial charge is 0.328 e. The molecule has 0 saturated carbocycles. The predicted molar refractivity (Wildman–Crippen MR) is 71.5 cm³/mol. The lowest BCUT2D eigenvalue weighted by molar-refractivity contribution is -0.151. The van der Waals surface area contributed by atoms with Crippen molar-refractivity contribution in [1.29, 1.82) is 0 Å². The molecule has 108 valence electrons. The topological polar surface area (TPSA) is 83.9 Å². The van der Waals surface area contributed by atoms with Gasteiger partial charge in [0.05, 0.1) is 13.2 Å². The van der Waals surface area contributed by atoms with Crippen molar-refractivity contribution in [1.82, 2.24) is 4.90 Å². The molecular formula is C14H17NO5. The van der Waals surface area contributed by atoms with Crippen LogP contribution < -0.4 is 0 Å². The molecule has 1 N–H and O–H groups in total. The van der Waals surface area contributed by atoms with Gasteiger partial charge in [0.2, 0.25) is 5.91 Å². The first-order valence-electron chi connectivity index (χ1n) is 6.04. The van der Waals surface area contributed by atoms with Crippen LogP contribution in [0.3, 0.4) is 0 Å². The summed E-state index contributed by atoms with van der Waals surface area (Å²) in [6, 6.07) is 7.24. The Balaban J connectivity index is 2.89. The third-order valence-electron chi connectivity index (χ3n) is 2.80. The maximum Gasteiger partial charge on any atom is 0.328 e. The van der Waals surface area contributed by atoms with Crippen molar-refractivity contribution in [2.75, 3.05) is 20.3 Å². The average molecular weight is 279 g/mol. The number of nitrogens with zero attached hydrogens (tertiary/aromatic N) is 1. The summed E-state index contributed by atoms with van der Waals surface area (Å²) in [5.41, 5.74) is 0.431. The van der Waals surface area contributed by atoms with E-state index in [-0.39, 0.29) is 18.9 Å². The number of rotatable bonds is 7. The number of hydrogen-bond acceptors (Lipinski definition) is 4. The molecule has 0 radical (unpaired) electrons. The van der Waals surface area contributed by atoms with E-state index < -0.39 is 17.9 Å². The SMILES string of the molecule is COCC(C(=O)O)N(CC(=O)c1ccccc1)C(C)=O. The van der Waals surface area contributed by atoms with Gasteiger partial charge in [0.1, 0.15) is 0 Å². The molecule has 1 aromatic rings. The predicted octanol–water partition coefficient (Wildman–Crippen LogP) is 0.817. The van der Waals surface area contributed by atoms with E-state index in [1.165, 1.54) is 14.0 Å². The monoisotopic (exact) mass is 279 g/mol. The Kier molecular flexibility index (Phi) is 5.86. The van der Waals surface area contributed by atoms with Gasteiger partial charge in [-0.1, -0.05) is 30.3 Å². The van der Waals surface area contributed by atoms with E-state index in [1.54, 1.807) is 30.3 Å². The van der Waals surface area contributed by atoms with Crippen LogP contribution in [0.2, 0.25) is 0 Å². The average Bonchev–Trinajstić information content (AvgIpc) is 2.42. The second-order valence-corrected chi connectivity index (χ2v) is 4.25. The van der Waals surface area contributed by atoms with Crippen molar-refractivity contribution >= 4 is 17.7 Å². The van der Waals surface area contributed by atoms with Crippen LogP contribution in [0.5, 0.6) is 0 Å². The summed E-state index contributed by atoms with van der Waals surface area (Å²) in [6.07, 6.45) is 0. The lowest BCUT2D eigenvalue weighted by Crippen LogP contribution is -2.49. The van der Waals surface area contributed by atoms with E-state index in [0.717, 1.165) is 4.90 Å². The zero-order chi connectivity index (χ0) is 15.1. The van der Waals surface area contributed by atoms with Gasteiger partial charge in [-0.3, -0.25) is 9.59 Å². The van der Waals surface area contributed by atoms with Gasteiger partial charge in [0.25, 0.3) is 0 Å². The Morgan fingerprint density at radius 1 is 1.25 bits per heavy atom. The Hall–Kier alpha value is -2.21. The summed E-state index contributed by atoms with van der Waals surface area (Å²) in [7, 11) is 1.34. The summed E-state index contributed by atoms with van der Waals surface area (Å²) in [4.78, 5) is 35.8. The van der Waals surface area contributed by atoms with E-state index in [2.05, 4.69) is 0 Å². The molecule has 0 aliphatic rings. The van der Waals surface area contributed by atoms with E-state index in [1.807, 2.05) is 0 Å². The number of ether oxygens (including phenoxy) is 1. The molecule has 6 heteroatoms. The molecule has 0 aromatic heterocycles. The number of ketones is 1. The Labute approximate surface area is 117 Å². The standard InChI is InChI=1S/C14H17NO5/c1-10(16)15(12(9-20-2)14(18)19)8-13(17)11-6-4-3-5-7-11/h3-7,12H,8-9H2,1-2H3,(H,18,19). The molecule has 0 fully saturated rings. The van der Waals surface area contributed by atoms with E-state index >= 15 is 0 Å². The van der Waals surface area contributed by atoms with E-state index in [9.17, 15) is 14.4 Å². The maximum atomic E-state index is 12.1. The second-order valence-electron chi connectivity index (χ2n) is 4.25. The van der Waals surface area contributed by atoms with Crippen molar-refractivity contribution < 1.29 is 24.2 Å². The highest BCUT2D eigenvalue weighted by Crippen LogP contribution is 2.07. The lowest BCUT2D eigenvalue weighted by atomic mass is 10.1. The summed E-state index contributed by atoms with van der Waals surface area (Å²) in [5, 5.41) is 9.12. The van der Waals surface area contributed by atoms with Gasteiger partial charge >= 0.3 is 5.97 Å². The molecule has 0 heterocycles. The van der Waals surface area contributed by atoms with Crippen molar-refractivity contribution in [2.24, 2.45) is 0 Å². The normalized spacial score (nSPS) is 11.7. The minimum Gasteiger partial charge on any atom is -0.480 e. The zero-order valence-electron chi connectivity index (χ0n) is 11.4. The fourth-order valence-electron chi connectivity index (χ4n) is 1.76. The summed E-state index contributed by atoms with van der Waals surface area (Å²) in [5.74, 6) is -2.01. The van der Waals surface area contributed by atoms with Crippen LogP contribution >= 0.6 is 0 Å². The van der Waals surface area contributed by atoms with Gasteiger partial charge < -0.3 is 14.7 Å². The van der Waals surface area contributed by atoms with Gasteiger partial charge in [0.15, 0.2) is 11.8 Å². The first-order valence-corrected chi connectivity index (χ1v) is 6.04. The Morgan fingerprint density at radius 3 is 2.30 bits per heavy atom. The molecular weight excluding hydrogens is 262 g/mol. The summed E-state index contributed by atoms with van der Waals surface area (Å²) < 4.78 is 4.80. The van der Waals surface area contributed by atoms with Crippen LogP contribution in [-0.2, 0) is 14.3 Å². The highest BCUT2D eigenvalue weighted by molar-refractivity contribution is 5.99. The van der Waals surface area contributed by atoms with Crippen LogP contribution in [0, 0.1) is 0 Å². The van der Waals surface area contributed by atoms with Gasteiger partial charge in [-0.2, -0.15) is 0 Å². The Morgan fingerprint density at radius 2 is 1.85 bits per heavy atom. The van der Waals surface area contributed by atoms with Crippen LogP contribution in [0.4, 0.5) is 0 Å². The van der Waals surface area contributed by atoms with Gasteiger partial charge in [0, 0.05) is 19.6 Å². The molecule has 1 unspecified atom stereocenters. The summed E-state index contributed by atoms with van der Waals surface area (Å²) in [6.45, 7) is 0.764. The third kappa shape index (κ3) is 4.17. The zero-order valence-corrected chi connectivity index (χ0v) is 11.4. The molecule has 20 heavy (non-hydrogen) atoms. The highest BCUT2D eigenvalue weighted by atomic mass is 16.5. The number of carbonyl (C=O) groups excluding carboxylic acids is 2. The first kappa shape index (κ1) is 15.8. The number of Topliss-reactive ketones (excluding diaryl/α,β-unsaturated/α-hetero) is 1. The molecule has 1 aromatic carbocycles. The number of carbonyl (C=O) groups is 3. The lowest BCUT2D eigenvalue weighted by Gasteiger charge is -2.26. The molecule has 0 aliphatic heterocycles. The molecule has 1 amide bonds. The number of methoxy groups -OCH3 is 1. The van der Waals surface area contributed by atoms with Gasteiger partial charge in [-0.15, -0.1) is 0 Å². The Bertz CT molecular complexity index is 486. The molecule has 6 nitrogen and oxygen atoms in total. The number of carboxylic acid groups (broad SMARTS) is 1. The number of hydrogen-bond donors (Lipinski definition) is 1. The minimum atomic E-state index is -1.21. The van der Waals surface area contributed by atoms with Crippen molar-refractivity contribution in [3.05, 3.63) is 35.9 Å². The van der Waals surface area contributed by atoms with E-state index in [0.29, 0.717) is 5.56 Å². The maximum absolute atomic E-state index is 12.1. The molecule has 0 aliphatic carbocycles. The second kappa shape index (κ2) is 7.40. The van der Waals surface area contributed by atoms with Crippen molar-refractivity contribution in [3.8, 4) is 0 Å². The van der Waals surface area contributed by atoms with Gasteiger partial charge in [-0.25, -0.2) is 4.79 Å². The number of aliphatic carboxylic acids is 1. The molecule has 0 bridgehead atoms. The molecule has 1 atom stereocenters. The third-order valence-corrected chi connectivity index (χ3v) is 2.80. The molecule has 0 spiro atoms. The number of carboxylic acids is 1. The highest BCUT2D eigenvalue weighted by Gasteiger charge is 2.29. The summed E-state index contributed by atoms with van der Waals surface area (Å²) >= 11 is 0. The van der Waals surface area contributed by atoms with Crippen LogP contribution in [0.25, 0.3) is 0 Å². The number of amides is 1. The quantitative estimate of drug-likeness (QED) is 0.747. The van der Waals surface area contributed by atoms with Crippen molar-refractivity contribution in [3.63, 3.8) is 0 Å². The fraction of sp³-hybridized carbons (Fsp3) is 0.357.